The molecular weight excluding hydrogens is 190 g/mol. The Bertz CT molecular complexity index is 311. The first-order valence-corrected chi connectivity index (χ1v) is 4.61. The zero-order valence-corrected chi connectivity index (χ0v) is 9.00. The molecule has 15 heavy (non-hydrogen) atoms. The fraction of sp³-hybridized carbons (Fsp3) is 0.364. The zero-order chi connectivity index (χ0) is 10.6. The van der Waals surface area contributed by atoms with Gasteiger partial charge in [0.25, 0.3) is 0 Å². The summed E-state index contributed by atoms with van der Waals surface area (Å²) in [5, 5.41) is 10.8. The molecule has 4 heteroatoms. The van der Waals surface area contributed by atoms with E-state index in [1.165, 1.54) is 24.3 Å². The molecule has 1 unspecified atom stereocenters. The van der Waals surface area contributed by atoms with Gasteiger partial charge in [-0.25, -0.2) is 4.39 Å². The van der Waals surface area contributed by atoms with Gasteiger partial charge in [-0.15, -0.1) is 0 Å². The molecule has 0 aromatic heterocycles. The minimum atomic E-state index is -1.10. The molecule has 1 aromatic carbocycles. The summed E-state index contributed by atoms with van der Waals surface area (Å²) < 4.78 is 12.6. The van der Waals surface area contributed by atoms with E-state index in [0.29, 0.717) is 12.0 Å². The molecule has 0 N–H and O–H groups in total. The molecular formula is C11H12FLiO2. The van der Waals surface area contributed by atoms with Gasteiger partial charge in [0.15, 0.2) is 0 Å². The molecule has 76 valence electrons. The van der Waals surface area contributed by atoms with E-state index in [4.69, 9.17) is 0 Å². The third-order valence-electron chi connectivity index (χ3n) is 2.13. The van der Waals surface area contributed by atoms with Crippen LogP contribution in [0.4, 0.5) is 4.39 Å². The molecule has 1 atom stereocenters. The van der Waals surface area contributed by atoms with Crippen molar-refractivity contribution in [1.29, 1.82) is 0 Å². The van der Waals surface area contributed by atoms with E-state index in [1.807, 2.05) is 6.92 Å². The minimum Gasteiger partial charge on any atom is -0.549 e. The third-order valence-corrected chi connectivity index (χ3v) is 2.13. The van der Waals surface area contributed by atoms with Crippen LogP contribution in [0.15, 0.2) is 24.3 Å². The third kappa shape index (κ3) is 4.07. The van der Waals surface area contributed by atoms with Gasteiger partial charge in [-0.05, 0) is 24.1 Å². The molecule has 1 rings (SSSR count). The first-order chi connectivity index (χ1) is 6.65. The molecule has 2 nitrogen and oxygen atoms in total. The van der Waals surface area contributed by atoms with Crippen LogP contribution in [0.1, 0.15) is 31.2 Å². The van der Waals surface area contributed by atoms with Gasteiger partial charge in [0, 0.05) is 11.9 Å². The number of benzene rings is 1. The van der Waals surface area contributed by atoms with Crippen molar-refractivity contribution in [1.82, 2.24) is 0 Å². The van der Waals surface area contributed by atoms with E-state index in [-0.39, 0.29) is 24.7 Å². The number of carbonyl (C=O) groups is 1. The standard InChI is InChI=1S/C11H13FO2.Li/c1-2-3-10(11(13)14)8-4-6-9(12)7-5-8;/h4-7,10H,2-3H2,1H3,(H,13,14);/q;+1/p-1. The molecule has 0 fully saturated rings. The topological polar surface area (TPSA) is 40.1 Å². The number of aliphatic carboxylic acids is 1. The van der Waals surface area contributed by atoms with Crippen molar-refractivity contribution >= 4 is 5.97 Å². The summed E-state index contributed by atoms with van der Waals surface area (Å²) in [6.45, 7) is 1.90. The molecule has 0 spiro atoms. The number of carboxylic acid groups (broad SMARTS) is 1. The molecule has 0 heterocycles. The first kappa shape index (κ1) is 14.2. The summed E-state index contributed by atoms with van der Waals surface area (Å²) >= 11 is 0. The van der Waals surface area contributed by atoms with Crippen molar-refractivity contribution in [2.75, 3.05) is 0 Å². The summed E-state index contributed by atoms with van der Waals surface area (Å²) in [5.74, 6) is -2.08. The van der Waals surface area contributed by atoms with Crippen LogP contribution >= 0.6 is 0 Å². The molecule has 0 radical (unpaired) electrons. The van der Waals surface area contributed by atoms with Gasteiger partial charge in [0.2, 0.25) is 0 Å². The smallest absolute Gasteiger partial charge is 0.549 e. The summed E-state index contributed by atoms with van der Waals surface area (Å²) in [4.78, 5) is 10.8. The van der Waals surface area contributed by atoms with Gasteiger partial charge in [-0.1, -0.05) is 25.5 Å². The Morgan fingerprint density at radius 3 is 2.33 bits per heavy atom. The molecule has 1 aromatic rings. The van der Waals surface area contributed by atoms with Crippen molar-refractivity contribution in [3.05, 3.63) is 35.6 Å². The van der Waals surface area contributed by atoms with Crippen molar-refractivity contribution < 1.29 is 33.2 Å². The summed E-state index contributed by atoms with van der Waals surface area (Å²) in [5.41, 5.74) is 0.605. The van der Waals surface area contributed by atoms with Crippen molar-refractivity contribution in [3.63, 3.8) is 0 Å². The van der Waals surface area contributed by atoms with Crippen LogP contribution < -0.4 is 24.0 Å². The van der Waals surface area contributed by atoms with Gasteiger partial charge < -0.3 is 9.90 Å². The fourth-order valence-corrected chi connectivity index (χ4v) is 1.40. The molecule has 0 aliphatic rings. The van der Waals surface area contributed by atoms with Crippen LogP contribution in [0.3, 0.4) is 0 Å². The van der Waals surface area contributed by atoms with E-state index in [1.54, 1.807) is 0 Å². The maximum atomic E-state index is 12.6. The number of hydrogen-bond donors (Lipinski definition) is 0. The maximum absolute atomic E-state index is 12.6. The second kappa shape index (κ2) is 6.66. The molecule has 0 amide bonds. The summed E-state index contributed by atoms with van der Waals surface area (Å²) in [6.07, 6.45) is 1.28. The number of rotatable bonds is 4. The Hall–Kier alpha value is -0.783. The molecule has 0 aliphatic carbocycles. The van der Waals surface area contributed by atoms with Gasteiger partial charge in [-0.2, -0.15) is 0 Å². The maximum Gasteiger partial charge on any atom is 1.00 e. The predicted octanol–water partition coefficient (Wildman–Crippen LogP) is -1.54. The summed E-state index contributed by atoms with van der Waals surface area (Å²) in [7, 11) is 0. The molecule has 0 bridgehead atoms. The number of carboxylic acids is 1. The Morgan fingerprint density at radius 1 is 1.40 bits per heavy atom. The normalized spacial score (nSPS) is 11.6. The second-order valence-electron chi connectivity index (χ2n) is 3.21. The Labute approximate surface area is 101 Å². The zero-order valence-electron chi connectivity index (χ0n) is 9.00. The van der Waals surface area contributed by atoms with Crippen molar-refractivity contribution in [2.24, 2.45) is 0 Å². The molecule has 0 saturated heterocycles. The van der Waals surface area contributed by atoms with E-state index in [0.717, 1.165) is 6.42 Å². The average Bonchev–Trinajstić information content (AvgIpc) is 2.15. The van der Waals surface area contributed by atoms with Crippen LogP contribution in [0.2, 0.25) is 0 Å². The Kier molecular flexibility index (Phi) is 6.31. The number of halogens is 1. The van der Waals surface area contributed by atoms with Crippen LogP contribution in [0, 0.1) is 5.82 Å². The van der Waals surface area contributed by atoms with E-state index < -0.39 is 11.9 Å². The fourth-order valence-electron chi connectivity index (χ4n) is 1.40. The van der Waals surface area contributed by atoms with Crippen LogP contribution in [0.5, 0.6) is 0 Å². The van der Waals surface area contributed by atoms with Crippen molar-refractivity contribution in [2.45, 2.75) is 25.7 Å². The Balaban J connectivity index is 0.00000196. The Morgan fingerprint density at radius 2 is 1.93 bits per heavy atom. The van der Waals surface area contributed by atoms with Gasteiger partial charge in [-0.3, -0.25) is 0 Å². The number of carbonyl (C=O) groups excluding carboxylic acids is 1. The van der Waals surface area contributed by atoms with Crippen LogP contribution in [-0.2, 0) is 4.79 Å². The van der Waals surface area contributed by atoms with E-state index in [9.17, 15) is 14.3 Å². The van der Waals surface area contributed by atoms with Crippen LogP contribution in [-0.4, -0.2) is 5.97 Å². The van der Waals surface area contributed by atoms with Gasteiger partial charge in [0.1, 0.15) is 5.82 Å². The van der Waals surface area contributed by atoms with E-state index in [2.05, 4.69) is 0 Å². The van der Waals surface area contributed by atoms with Gasteiger partial charge in [0.05, 0.1) is 0 Å². The van der Waals surface area contributed by atoms with Crippen molar-refractivity contribution in [3.8, 4) is 0 Å². The second-order valence-corrected chi connectivity index (χ2v) is 3.21. The first-order valence-electron chi connectivity index (χ1n) is 4.61. The summed E-state index contributed by atoms with van der Waals surface area (Å²) in [6, 6.07) is 5.51. The number of hydrogen-bond acceptors (Lipinski definition) is 2. The largest absolute Gasteiger partial charge is 1.00 e. The SMILES string of the molecule is CCCC(C(=O)[O-])c1ccc(F)cc1.[Li+]. The molecule has 0 aliphatic heterocycles. The average molecular weight is 202 g/mol. The van der Waals surface area contributed by atoms with Crippen LogP contribution in [0.25, 0.3) is 0 Å². The quantitative estimate of drug-likeness (QED) is 0.555. The minimum absolute atomic E-state index is 0. The monoisotopic (exact) mass is 202 g/mol. The molecule has 0 saturated carbocycles. The van der Waals surface area contributed by atoms with Gasteiger partial charge >= 0.3 is 18.9 Å². The van der Waals surface area contributed by atoms with E-state index >= 15 is 0 Å². The predicted molar refractivity (Wildman–Crippen MR) is 49.1 cm³/mol.